The number of aryl methyl sites for hydroxylation is 1. The molecule has 0 fully saturated rings. The average molecular weight is 570 g/mol. The van der Waals surface area contributed by atoms with Crippen molar-refractivity contribution in [3.8, 4) is 17.4 Å². The molecule has 184 valence electrons. The number of nitro groups is 1. The van der Waals surface area contributed by atoms with Gasteiger partial charge in [0.05, 0.1) is 17.1 Å². The molecule has 2 heterocycles. The number of halogens is 1. The summed E-state index contributed by atoms with van der Waals surface area (Å²) in [5, 5.41) is 23.7. The number of non-ortho nitro benzene ring substituents is 1. The Morgan fingerprint density at radius 3 is 2.78 bits per heavy atom. The SMILES string of the molecule is CCOC(=O)c1c(NC(=O)/C(C#N)=C/c2ccc(-c3ccc([N+](=O)[O-])cc3Br)o2)sc2c1CCCC2. The third-order valence-corrected chi connectivity index (χ3v) is 7.45. The summed E-state index contributed by atoms with van der Waals surface area (Å²) in [5.74, 6) is -0.510. The number of fused-ring (bicyclic) bond motifs is 1. The molecule has 0 spiro atoms. The van der Waals surface area contributed by atoms with Crippen molar-refractivity contribution in [1.29, 1.82) is 5.26 Å². The van der Waals surface area contributed by atoms with Crippen LogP contribution in [0.2, 0.25) is 0 Å². The zero-order valence-corrected chi connectivity index (χ0v) is 21.5. The number of hydrogen-bond donors (Lipinski definition) is 1. The second-order valence-corrected chi connectivity index (χ2v) is 9.84. The second kappa shape index (κ2) is 10.9. The number of nitrogens with zero attached hydrogens (tertiary/aromatic N) is 2. The van der Waals surface area contributed by atoms with E-state index in [1.165, 1.54) is 29.5 Å². The van der Waals surface area contributed by atoms with E-state index in [1.807, 2.05) is 6.07 Å². The maximum Gasteiger partial charge on any atom is 0.341 e. The highest BCUT2D eigenvalue weighted by Crippen LogP contribution is 2.39. The van der Waals surface area contributed by atoms with Crippen molar-refractivity contribution >= 4 is 55.9 Å². The molecule has 9 nitrogen and oxygen atoms in total. The Balaban J connectivity index is 1.59. The van der Waals surface area contributed by atoms with Crippen LogP contribution >= 0.6 is 27.3 Å². The molecule has 0 atom stereocenters. The van der Waals surface area contributed by atoms with Gasteiger partial charge in [-0.05, 0) is 72.3 Å². The number of nitrogens with one attached hydrogen (secondary N) is 1. The summed E-state index contributed by atoms with van der Waals surface area (Å²) < 4.78 is 11.4. The van der Waals surface area contributed by atoms with Crippen LogP contribution in [0.5, 0.6) is 0 Å². The largest absolute Gasteiger partial charge is 0.462 e. The van der Waals surface area contributed by atoms with Crippen molar-refractivity contribution in [2.45, 2.75) is 32.6 Å². The summed E-state index contributed by atoms with van der Waals surface area (Å²) in [6, 6.07) is 9.36. The lowest BCUT2D eigenvalue weighted by atomic mass is 9.95. The van der Waals surface area contributed by atoms with E-state index in [9.17, 15) is 25.0 Å². The van der Waals surface area contributed by atoms with E-state index in [0.717, 1.165) is 36.1 Å². The number of carbonyl (C=O) groups excluding carboxylic acids is 2. The molecular weight excluding hydrogens is 550 g/mol. The van der Waals surface area contributed by atoms with Gasteiger partial charge in [-0.1, -0.05) is 0 Å². The summed E-state index contributed by atoms with van der Waals surface area (Å²) >= 11 is 4.65. The van der Waals surface area contributed by atoms with Gasteiger partial charge in [-0.25, -0.2) is 4.79 Å². The molecule has 0 aliphatic heterocycles. The zero-order valence-electron chi connectivity index (χ0n) is 19.1. The van der Waals surface area contributed by atoms with E-state index in [2.05, 4.69) is 21.2 Å². The molecule has 36 heavy (non-hydrogen) atoms. The number of benzene rings is 1. The van der Waals surface area contributed by atoms with Crippen molar-refractivity contribution < 1.29 is 23.7 Å². The Labute approximate surface area is 218 Å². The number of hydrogen-bond acceptors (Lipinski definition) is 8. The fourth-order valence-corrected chi connectivity index (χ4v) is 5.76. The highest BCUT2D eigenvalue weighted by molar-refractivity contribution is 9.10. The predicted molar refractivity (Wildman–Crippen MR) is 138 cm³/mol. The molecule has 1 aliphatic rings. The van der Waals surface area contributed by atoms with E-state index in [0.29, 0.717) is 26.4 Å². The van der Waals surface area contributed by atoms with Gasteiger partial charge in [0.2, 0.25) is 0 Å². The van der Waals surface area contributed by atoms with Gasteiger partial charge in [-0.2, -0.15) is 5.26 Å². The monoisotopic (exact) mass is 569 g/mol. The Bertz CT molecular complexity index is 1430. The number of nitro benzene ring substituents is 1. The van der Waals surface area contributed by atoms with Gasteiger partial charge in [0.15, 0.2) is 0 Å². The highest BCUT2D eigenvalue weighted by Gasteiger charge is 2.28. The fraction of sp³-hybridized carbons (Fsp3) is 0.240. The maximum atomic E-state index is 13.0. The van der Waals surface area contributed by atoms with Crippen molar-refractivity contribution in [3.05, 3.63) is 72.3 Å². The quantitative estimate of drug-likeness (QED) is 0.116. The number of thiophene rings is 1. The van der Waals surface area contributed by atoms with E-state index < -0.39 is 16.8 Å². The molecule has 4 rings (SSSR count). The summed E-state index contributed by atoms with van der Waals surface area (Å²) in [6.07, 6.45) is 4.84. The smallest absolute Gasteiger partial charge is 0.341 e. The zero-order chi connectivity index (χ0) is 25.8. The van der Waals surface area contributed by atoms with Gasteiger partial charge < -0.3 is 14.5 Å². The third-order valence-electron chi connectivity index (χ3n) is 5.59. The standard InChI is InChI=1S/C25H20BrN3O6S/c1-2-34-25(31)22-18-5-3-4-6-21(18)36-24(22)28-23(30)14(13-27)11-16-8-10-20(35-16)17-9-7-15(29(32)33)12-19(17)26/h7-12H,2-6H2,1H3,(H,28,30)/b14-11+. The van der Waals surface area contributed by atoms with Gasteiger partial charge in [0, 0.05) is 33.1 Å². The Morgan fingerprint density at radius 2 is 2.08 bits per heavy atom. The second-order valence-electron chi connectivity index (χ2n) is 7.88. The Kier molecular flexibility index (Phi) is 7.67. The predicted octanol–water partition coefficient (Wildman–Crippen LogP) is 6.28. The molecule has 2 aromatic heterocycles. The number of furan rings is 1. The summed E-state index contributed by atoms with van der Waals surface area (Å²) in [6.45, 7) is 1.93. The number of rotatable bonds is 7. The number of amides is 1. The number of ether oxygens (including phenoxy) is 1. The summed E-state index contributed by atoms with van der Waals surface area (Å²) in [4.78, 5) is 37.1. The van der Waals surface area contributed by atoms with E-state index in [4.69, 9.17) is 9.15 Å². The van der Waals surface area contributed by atoms with Gasteiger partial charge in [0.25, 0.3) is 11.6 Å². The number of esters is 1. The van der Waals surface area contributed by atoms with Crippen LogP contribution < -0.4 is 5.32 Å². The minimum absolute atomic E-state index is 0.0711. The van der Waals surface area contributed by atoms with Gasteiger partial charge in [-0.3, -0.25) is 14.9 Å². The van der Waals surface area contributed by atoms with Gasteiger partial charge >= 0.3 is 5.97 Å². The van der Waals surface area contributed by atoms with Crippen molar-refractivity contribution in [3.63, 3.8) is 0 Å². The van der Waals surface area contributed by atoms with Crippen LogP contribution in [-0.4, -0.2) is 23.4 Å². The molecule has 0 bridgehead atoms. The molecular formula is C25H20BrN3O6S. The molecule has 1 amide bonds. The first-order valence-corrected chi connectivity index (χ1v) is 12.7. The minimum atomic E-state index is -0.670. The van der Waals surface area contributed by atoms with Crippen LogP contribution in [0.1, 0.15) is 46.3 Å². The third kappa shape index (κ3) is 5.24. The molecule has 3 aromatic rings. The van der Waals surface area contributed by atoms with Crippen LogP contribution in [0.4, 0.5) is 10.7 Å². The molecule has 0 radical (unpaired) electrons. The highest BCUT2D eigenvalue weighted by atomic mass is 79.9. The van der Waals surface area contributed by atoms with Crippen molar-refractivity contribution in [2.75, 3.05) is 11.9 Å². The van der Waals surface area contributed by atoms with E-state index >= 15 is 0 Å². The normalized spacial score (nSPS) is 13.0. The summed E-state index contributed by atoms with van der Waals surface area (Å²) in [5.41, 5.74) is 1.57. The number of nitriles is 1. The first-order chi connectivity index (χ1) is 17.3. The molecule has 1 N–H and O–H groups in total. The molecule has 0 unspecified atom stereocenters. The van der Waals surface area contributed by atoms with Crippen molar-refractivity contribution in [1.82, 2.24) is 0 Å². The van der Waals surface area contributed by atoms with E-state index in [1.54, 1.807) is 25.1 Å². The Morgan fingerprint density at radius 1 is 1.31 bits per heavy atom. The lowest BCUT2D eigenvalue weighted by Crippen LogP contribution is -2.16. The number of anilines is 1. The molecule has 0 saturated carbocycles. The Hall–Kier alpha value is -3.75. The van der Waals surface area contributed by atoms with Crippen LogP contribution in [0.15, 0.2) is 44.8 Å². The van der Waals surface area contributed by atoms with Crippen molar-refractivity contribution in [2.24, 2.45) is 0 Å². The fourth-order valence-electron chi connectivity index (χ4n) is 3.93. The lowest BCUT2D eigenvalue weighted by Gasteiger charge is -2.12. The van der Waals surface area contributed by atoms with Crippen LogP contribution in [0.25, 0.3) is 17.4 Å². The maximum absolute atomic E-state index is 13.0. The molecule has 1 aliphatic carbocycles. The van der Waals surface area contributed by atoms with Gasteiger partial charge in [-0.15, -0.1) is 11.3 Å². The summed E-state index contributed by atoms with van der Waals surface area (Å²) in [7, 11) is 0. The average Bonchev–Trinajstić information content (AvgIpc) is 3.46. The minimum Gasteiger partial charge on any atom is -0.462 e. The van der Waals surface area contributed by atoms with E-state index in [-0.39, 0.29) is 23.6 Å². The molecule has 1 aromatic carbocycles. The molecule has 11 heteroatoms. The van der Waals surface area contributed by atoms with Crippen LogP contribution in [-0.2, 0) is 22.4 Å². The van der Waals surface area contributed by atoms with Crippen LogP contribution in [0, 0.1) is 21.4 Å². The number of carbonyl (C=O) groups is 2. The van der Waals surface area contributed by atoms with Crippen LogP contribution in [0.3, 0.4) is 0 Å². The molecule has 0 saturated heterocycles. The first kappa shape index (κ1) is 25.3. The van der Waals surface area contributed by atoms with Gasteiger partial charge in [0.1, 0.15) is 28.2 Å². The topological polar surface area (TPSA) is 135 Å². The first-order valence-electron chi connectivity index (χ1n) is 11.1. The lowest BCUT2D eigenvalue weighted by molar-refractivity contribution is -0.384.